The van der Waals surface area contributed by atoms with Crippen LogP contribution in [0.4, 0.5) is 0 Å². The molecular formula is C19H23ClN4O4S2. The van der Waals surface area contributed by atoms with E-state index in [1.54, 1.807) is 24.1 Å². The lowest BCUT2D eigenvalue weighted by atomic mass is 10.2. The first-order valence-electron chi connectivity index (χ1n) is 9.74. The van der Waals surface area contributed by atoms with Gasteiger partial charge in [0.25, 0.3) is 0 Å². The van der Waals surface area contributed by atoms with E-state index in [9.17, 15) is 13.2 Å². The van der Waals surface area contributed by atoms with Gasteiger partial charge in [-0.15, -0.1) is 10.2 Å². The predicted octanol–water partition coefficient (Wildman–Crippen LogP) is 2.58. The van der Waals surface area contributed by atoms with Gasteiger partial charge in [-0.25, -0.2) is 8.42 Å². The van der Waals surface area contributed by atoms with Gasteiger partial charge >= 0.3 is 0 Å². The Morgan fingerprint density at radius 2 is 2.07 bits per heavy atom. The van der Waals surface area contributed by atoms with Gasteiger partial charge in [-0.2, -0.15) is 0 Å². The Morgan fingerprint density at radius 1 is 1.30 bits per heavy atom. The van der Waals surface area contributed by atoms with Crippen molar-refractivity contribution in [3.05, 3.63) is 35.1 Å². The molecule has 0 N–H and O–H groups in total. The van der Waals surface area contributed by atoms with E-state index in [1.165, 1.54) is 11.8 Å². The number of hydrogen-bond donors (Lipinski definition) is 0. The Bertz CT molecular complexity index is 1040. The molecule has 8 nitrogen and oxygen atoms in total. The maximum absolute atomic E-state index is 12.6. The van der Waals surface area contributed by atoms with Crippen molar-refractivity contribution in [2.24, 2.45) is 0 Å². The van der Waals surface area contributed by atoms with Crippen molar-refractivity contribution < 1.29 is 17.9 Å². The SMILES string of the molecule is CN(C(=O)CSc1nnc(COc2ccccc2Cl)n1C1CC1)[C@@H]1CCS(=O)(=O)C1. The fraction of sp³-hybridized carbons (Fsp3) is 0.526. The summed E-state index contributed by atoms with van der Waals surface area (Å²) in [6, 6.07) is 7.33. The number of thioether (sulfide) groups is 1. The molecule has 0 radical (unpaired) electrons. The van der Waals surface area contributed by atoms with Gasteiger partial charge in [-0.1, -0.05) is 35.5 Å². The Hall–Kier alpha value is -1.78. The third-order valence-corrected chi connectivity index (χ3v) is 8.31. The molecular weight excluding hydrogens is 448 g/mol. The first-order valence-corrected chi connectivity index (χ1v) is 12.9. The van der Waals surface area contributed by atoms with Crippen LogP contribution >= 0.6 is 23.4 Å². The molecule has 1 saturated carbocycles. The second-order valence-corrected chi connectivity index (χ2v) is 11.1. The van der Waals surface area contributed by atoms with E-state index in [2.05, 4.69) is 10.2 Å². The number of sulfone groups is 1. The number of hydrogen-bond acceptors (Lipinski definition) is 7. The van der Waals surface area contributed by atoms with Gasteiger partial charge in [-0.3, -0.25) is 9.36 Å². The highest BCUT2D eigenvalue weighted by atomic mass is 35.5. The molecule has 1 aromatic carbocycles. The fourth-order valence-corrected chi connectivity index (χ4v) is 6.33. The van der Waals surface area contributed by atoms with Crippen LogP contribution < -0.4 is 4.74 Å². The van der Waals surface area contributed by atoms with E-state index in [4.69, 9.17) is 16.3 Å². The monoisotopic (exact) mass is 470 g/mol. The highest BCUT2D eigenvalue weighted by Gasteiger charge is 2.33. The van der Waals surface area contributed by atoms with Gasteiger partial charge in [0.1, 0.15) is 12.4 Å². The molecule has 1 aromatic heterocycles. The summed E-state index contributed by atoms with van der Waals surface area (Å²) in [4.78, 5) is 14.1. The summed E-state index contributed by atoms with van der Waals surface area (Å²) in [6.07, 6.45) is 2.58. The van der Waals surface area contributed by atoms with E-state index < -0.39 is 9.84 Å². The summed E-state index contributed by atoms with van der Waals surface area (Å²) >= 11 is 7.47. The average molecular weight is 471 g/mol. The Morgan fingerprint density at radius 3 is 2.73 bits per heavy atom. The summed E-state index contributed by atoms with van der Waals surface area (Å²) in [5.41, 5.74) is 0. The lowest BCUT2D eigenvalue weighted by Crippen LogP contribution is -2.38. The van der Waals surface area contributed by atoms with Gasteiger partial charge in [0, 0.05) is 19.1 Å². The topological polar surface area (TPSA) is 94.4 Å². The van der Waals surface area contributed by atoms with Crippen LogP contribution in [0.15, 0.2) is 29.4 Å². The Balaban J connectivity index is 1.39. The number of ether oxygens (including phenoxy) is 1. The first kappa shape index (κ1) is 21.5. The zero-order valence-electron chi connectivity index (χ0n) is 16.5. The summed E-state index contributed by atoms with van der Waals surface area (Å²) in [5, 5.41) is 9.73. The molecule has 1 atom stereocenters. The lowest BCUT2D eigenvalue weighted by molar-refractivity contribution is -0.128. The van der Waals surface area contributed by atoms with Crippen LogP contribution in [-0.4, -0.2) is 64.3 Å². The van der Waals surface area contributed by atoms with Crippen LogP contribution in [-0.2, 0) is 21.2 Å². The smallest absolute Gasteiger partial charge is 0.233 e. The predicted molar refractivity (Wildman–Crippen MR) is 115 cm³/mol. The Kier molecular flexibility index (Phi) is 6.26. The number of nitrogens with zero attached hydrogens (tertiary/aromatic N) is 4. The molecule has 4 rings (SSSR count). The molecule has 2 aliphatic rings. The van der Waals surface area contributed by atoms with Gasteiger partial charge in [0.2, 0.25) is 5.91 Å². The quantitative estimate of drug-likeness (QED) is 0.547. The first-order chi connectivity index (χ1) is 14.3. The molecule has 2 heterocycles. The number of rotatable bonds is 8. The standard InChI is InChI=1S/C19H23ClN4O4S2/c1-23(14-8-9-30(26,27)12-14)18(25)11-29-19-22-21-17(24(19)13-6-7-13)10-28-16-5-3-2-4-15(16)20/h2-5,13-14H,6-12H2,1H3/t14-/m1/s1. The van der Waals surface area contributed by atoms with Crippen molar-refractivity contribution in [2.45, 2.75) is 43.1 Å². The molecule has 0 unspecified atom stereocenters. The van der Waals surface area contributed by atoms with Crippen molar-refractivity contribution in [2.75, 3.05) is 24.3 Å². The second kappa shape index (κ2) is 8.76. The number of amides is 1. The summed E-state index contributed by atoms with van der Waals surface area (Å²) in [5.74, 6) is 1.55. The highest BCUT2D eigenvalue weighted by molar-refractivity contribution is 7.99. The minimum atomic E-state index is -3.03. The molecule has 1 saturated heterocycles. The van der Waals surface area contributed by atoms with Crippen molar-refractivity contribution in [1.82, 2.24) is 19.7 Å². The summed E-state index contributed by atoms with van der Waals surface area (Å²) < 4.78 is 31.2. The molecule has 1 amide bonds. The van der Waals surface area contributed by atoms with Crippen LogP contribution in [0, 0.1) is 0 Å². The van der Waals surface area contributed by atoms with Gasteiger partial charge in [-0.05, 0) is 31.4 Å². The molecule has 162 valence electrons. The molecule has 1 aliphatic carbocycles. The second-order valence-electron chi connectivity index (χ2n) is 7.57. The minimum Gasteiger partial charge on any atom is -0.484 e. The highest BCUT2D eigenvalue weighted by Crippen LogP contribution is 2.39. The summed E-state index contributed by atoms with van der Waals surface area (Å²) in [7, 11) is -1.36. The van der Waals surface area contributed by atoms with E-state index in [0.717, 1.165) is 12.8 Å². The van der Waals surface area contributed by atoms with Crippen LogP contribution in [0.3, 0.4) is 0 Å². The lowest BCUT2D eigenvalue weighted by Gasteiger charge is -2.23. The average Bonchev–Trinajstić information content (AvgIpc) is 3.37. The number of carbonyl (C=O) groups excluding carboxylic acids is 1. The van der Waals surface area contributed by atoms with Crippen molar-refractivity contribution in [3.8, 4) is 5.75 Å². The van der Waals surface area contributed by atoms with E-state index in [0.29, 0.717) is 34.2 Å². The number of halogens is 1. The number of benzene rings is 1. The zero-order chi connectivity index (χ0) is 21.3. The number of para-hydroxylation sites is 1. The fourth-order valence-electron chi connectivity index (χ4n) is 3.42. The van der Waals surface area contributed by atoms with Gasteiger partial charge in [0.15, 0.2) is 20.8 Å². The molecule has 2 aromatic rings. The maximum Gasteiger partial charge on any atom is 0.233 e. The molecule has 30 heavy (non-hydrogen) atoms. The minimum absolute atomic E-state index is 0.0433. The normalized spacial score (nSPS) is 20.3. The molecule has 0 spiro atoms. The molecule has 11 heteroatoms. The Labute approximate surface area is 184 Å². The van der Waals surface area contributed by atoms with Crippen LogP contribution in [0.1, 0.15) is 31.1 Å². The van der Waals surface area contributed by atoms with Crippen molar-refractivity contribution in [3.63, 3.8) is 0 Å². The van der Waals surface area contributed by atoms with E-state index in [1.807, 2.05) is 16.7 Å². The third kappa shape index (κ3) is 4.92. The van der Waals surface area contributed by atoms with Crippen LogP contribution in [0.5, 0.6) is 5.75 Å². The van der Waals surface area contributed by atoms with Crippen LogP contribution in [0.25, 0.3) is 0 Å². The van der Waals surface area contributed by atoms with E-state index >= 15 is 0 Å². The largest absolute Gasteiger partial charge is 0.484 e. The molecule has 2 fully saturated rings. The zero-order valence-corrected chi connectivity index (χ0v) is 18.9. The maximum atomic E-state index is 12.6. The number of carbonyl (C=O) groups is 1. The molecule has 0 bridgehead atoms. The third-order valence-electron chi connectivity index (χ3n) is 5.31. The van der Waals surface area contributed by atoms with Gasteiger partial charge in [0.05, 0.1) is 22.3 Å². The summed E-state index contributed by atoms with van der Waals surface area (Å²) in [6.45, 7) is 0.238. The molecule has 1 aliphatic heterocycles. The number of aromatic nitrogens is 3. The van der Waals surface area contributed by atoms with Crippen molar-refractivity contribution in [1.29, 1.82) is 0 Å². The van der Waals surface area contributed by atoms with Crippen molar-refractivity contribution >= 4 is 39.1 Å². The van der Waals surface area contributed by atoms with E-state index in [-0.39, 0.29) is 35.8 Å². The van der Waals surface area contributed by atoms with Gasteiger partial charge < -0.3 is 9.64 Å². The van der Waals surface area contributed by atoms with Crippen LogP contribution in [0.2, 0.25) is 5.02 Å².